The first-order chi connectivity index (χ1) is 7.16. The van der Waals surface area contributed by atoms with Crippen molar-refractivity contribution in [2.24, 2.45) is 0 Å². The second kappa shape index (κ2) is 3.98. The summed E-state index contributed by atoms with van der Waals surface area (Å²) in [5.41, 5.74) is 2.15. The van der Waals surface area contributed by atoms with Gasteiger partial charge in [-0.1, -0.05) is 0 Å². The van der Waals surface area contributed by atoms with Gasteiger partial charge in [0.2, 0.25) is 0 Å². The molecule has 2 aromatic heterocycles. The second-order valence-electron chi connectivity index (χ2n) is 4.10. The van der Waals surface area contributed by atoms with Gasteiger partial charge in [-0.05, 0) is 38.7 Å². The van der Waals surface area contributed by atoms with E-state index in [1.165, 1.54) is 5.56 Å². The molecule has 2 heterocycles. The van der Waals surface area contributed by atoms with E-state index in [9.17, 15) is 0 Å². The van der Waals surface area contributed by atoms with Crippen LogP contribution in [0.4, 0.5) is 0 Å². The first-order valence-electron chi connectivity index (χ1n) is 5.12. The Morgan fingerprint density at radius 2 is 2.13 bits per heavy atom. The highest BCUT2D eigenvalue weighted by Gasteiger charge is 2.04. The zero-order valence-electron chi connectivity index (χ0n) is 9.44. The number of likely N-dealkylation sites (N-methyl/N-ethyl adjacent to an activating group) is 1. The van der Waals surface area contributed by atoms with Crippen LogP contribution < -0.4 is 0 Å². The first-order valence-corrected chi connectivity index (χ1v) is 5.12. The van der Waals surface area contributed by atoms with E-state index in [1.54, 1.807) is 0 Å². The molecule has 0 saturated heterocycles. The molecule has 0 fully saturated rings. The van der Waals surface area contributed by atoms with Crippen molar-refractivity contribution in [3.63, 3.8) is 0 Å². The number of nitrogens with zero attached hydrogens (tertiary/aromatic N) is 4. The van der Waals surface area contributed by atoms with Crippen LogP contribution in [0.1, 0.15) is 11.4 Å². The predicted octanol–water partition coefficient (Wildman–Crippen LogP) is 1.14. The van der Waals surface area contributed by atoms with E-state index in [0.717, 1.165) is 24.4 Å². The van der Waals surface area contributed by atoms with Crippen LogP contribution in [0.2, 0.25) is 0 Å². The van der Waals surface area contributed by atoms with Gasteiger partial charge in [-0.15, -0.1) is 10.2 Å². The van der Waals surface area contributed by atoms with Crippen LogP contribution in [0.15, 0.2) is 18.3 Å². The number of hydrogen-bond acceptors (Lipinski definition) is 3. The number of rotatable bonds is 3. The summed E-state index contributed by atoms with van der Waals surface area (Å²) in [6.07, 6.45) is 2.97. The molecule has 0 aliphatic heterocycles. The van der Waals surface area contributed by atoms with Crippen LogP contribution in [-0.2, 0) is 6.42 Å². The lowest BCUT2D eigenvalue weighted by Gasteiger charge is -2.07. The van der Waals surface area contributed by atoms with Crippen molar-refractivity contribution in [3.8, 4) is 0 Å². The Labute approximate surface area is 89.5 Å². The van der Waals surface area contributed by atoms with Crippen LogP contribution >= 0.6 is 0 Å². The summed E-state index contributed by atoms with van der Waals surface area (Å²) < 4.78 is 2.05. The monoisotopic (exact) mass is 204 g/mol. The molecule has 0 saturated carbocycles. The van der Waals surface area contributed by atoms with Crippen LogP contribution in [0.3, 0.4) is 0 Å². The fourth-order valence-corrected chi connectivity index (χ4v) is 1.54. The Kier molecular flexibility index (Phi) is 2.68. The van der Waals surface area contributed by atoms with Gasteiger partial charge in [-0.2, -0.15) is 0 Å². The van der Waals surface area contributed by atoms with E-state index in [0.29, 0.717) is 0 Å². The summed E-state index contributed by atoms with van der Waals surface area (Å²) in [5.74, 6) is 1.03. The summed E-state index contributed by atoms with van der Waals surface area (Å²) >= 11 is 0. The van der Waals surface area contributed by atoms with E-state index in [4.69, 9.17) is 0 Å². The maximum atomic E-state index is 4.19. The zero-order chi connectivity index (χ0) is 10.8. The minimum atomic E-state index is 0.928. The Balaban J connectivity index is 2.29. The summed E-state index contributed by atoms with van der Waals surface area (Å²) in [4.78, 5) is 2.15. The van der Waals surface area contributed by atoms with Gasteiger partial charge in [0, 0.05) is 19.2 Å². The van der Waals surface area contributed by atoms with E-state index in [2.05, 4.69) is 46.6 Å². The number of fused-ring (bicyclic) bond motifs is 1. The Bertz CT molecular complexity index is 459. The smallest absolute Gasteiger partial charge is 0.161 e. The Morgan fingerprint density at radius 1 is 1.33 bits per heavy atom. The first kappa shape index (κ1) is 10.1. The molecule has 0 aromatic carbocycles. The average molecular weight is 204 g/mol. The van der Waals surface area contributed by atoms with Crippen molar-refractivity contribution in [1.82, 2.24) is 19.5 Å². The molecule has 4 heteroatoms. The maximum absolute atomic E-state index is 4.19. The van der Waals surface area contributed by atoms with Gasteiger partial charge in [-0.3, -0.25) is 4.40 Å². The second-order valence-corrected chi connectivity index (χ2v) is 4.10. The van der Waals surface area contributed by atoms with Crippen molar-refractivity contribution in [1.29, 1.82) is 0 Å². The van der Waals surface area contributed by atoms with Crippen molar-refractivity contribution in [2.45, 2.75) is 13.3 Å². The van der Waals surface area contributed by atoms with Crippen molar-refractivity contribution in [2.75, 3.05) is 20.6 Å². The third-order valence-electron chi connectivity index (χ3n) is 2.42. The van der Waals surface area contributed by atoms with Crippen LogP contribution in [-0.4, -0.2) is 40.1 Å². The lowest BCUT2D eigenvalue weighted by Crippen LogP contribution is -2.16. The number of hydrogen-bond donors (Lipinski definition) is 0. The highest BCUT2D eigenvalue weighted by molar-refractivity contribution is 5.40. The summed E-state index contributed by atoms with van der Waals surface area (Å²) in [7, 11) is 4.13. The molecule has 0 unspecified atom stereocenters. The van der Waals surface area contributed by atoms with Gasteiger partial charge in [-0.25, -0.2) is 0 Å². The molecule has 2 rings (SSSR count). The fourth-order valence-electron chi connectivity index (χ4n) is 1.54. The molecular formula is C11H16N4. The third kappa shape index (κ3) is 2.15. The van der Waals surface area contributed by atoms with Gasteiger partial charge in [0.1, 0.15) is 5.82 Å². The van der Waals surface area contributed by atoms with Gasteiger partial charge in [0.15, 0.2) is 5.65 Å². The molecule has 15 heavy (non-hydrogen) atoms. The number of aryl methyl sites for hydroxylation is 1. The van der Waals surface area contributed by atoms with Gasteiger partial charge >= 0.3 is 0 Å². The minimum absolute atomic E-state index is 0.928. The molecule has 0 aliphatic carbocycles. The molecule has 0 bridgehead atoms. The Hall–Kier alpha value is -1.42. The summed E-state index contributed by atoms with van der Waals surface area (Å²) in [6, 6.07) is 4.13. The molecule has 0 spiro atoms. The molecule has 0 atom stereocenters. The molecule has 0 aliphatic rings. The van der Waals surface area contributed by atoms with Crippen molar-refractivity contribution >= 4 is 5.65 Å². The van der Waals surface area contributed by atoms with Gasteiger partial charge in [0.05, 0.1) is 0 Å². The average Bonchev–Trinajstić information content (AvgIpc) is 2.57. The minimum Gasteiger partial charge on any atom is -0.309 e. The molecular weight excluding hydrogens is 188 g/mol. The van der Waals surface area contributed by atoms with Crippen molar-refractivity contribution < 1.29 is 0 Å². The van der Waals surface area contributed by atoms with E-state index in [-0.39, 0.29) is 0 Å². The topological polar surface area (TPSA) is 33.4 Å². The molecule has 80 valence electrons. The summed E-state index contributed by atoms with van der Waals surface area (Å²) in [5, 5.41) is 8.35. The van der Waals surface area contributed by atoms with Crippen LogP contribution in [0.25, 0.3) is 5.65 Å². The van der Waals surface area contributed by atoms with Crippen LogP contribution in [0, 0.1) is 6.92 Å². The predicted molar refractivity (Wildman–Crippen MR) is 60.0 cm³/mol. The molecule has 2 aromatic rings. The number of pyridine rings is 1. The Morgan fingerprint density at radius 3 is 2.87 bits per heavy atom. The van der Waals surface area contributed by atoms with E-state index >= 15 is 0 Å². The normalized spacial score (nSPS) is 11.5. The van der Waals surface area contributed by atoms with E-state index < -0.39 is 0 Å². The fraction of sp³-hybridized carbons (Fsp3) is 0.455. The standard InChI is InChI=1S/C11H16N4/c1-9-4-7-15-10(5-6-14(2)3)12-13-11(15)8-9/h4,7-8H,5-6H2,1-3H3. The largest absolute Gasteiger partial charge is 0.309 e. The lowest BCUT2D eigenvalue weighted by atomic mass is 10.3. The molecule has 0 radical (unpaired) electrons. The van der Waals surface area contributed by atoms with Crippen LogP contribution in [0.5, 0.6) is 0 Å². The quantitative estimate of drug-likeness (QED) is 0.751. The summed E-state index contributed by atoms with van der Waals surface area (Å²) in [6.45, 7) is 3.06. The molecule has 0 N–H and O–H groups in total. The zero-order valence-corrected chi connectivity index (χ0v) is 9.44. The van der Waals surface area contributed by atoms with Gasteiger partial charge in [0.25, 0.3) is 0 Å². The number of aromatic nitrogens is 3. The highest BCUT2D eigenvalue weighted by atomic mass is 15.2. The third-order valence-corrected chi connectivity index (χ3v) is 2.42. The van der Waals surface area contributed by atoms with E-state index in [1.807, 2.05) is 12.3 Å². The molecule has 4 nitrogen and oxygen atoms in total. The SMILES string of the molecule is Cc1ccn2c(CCN(C)C)nnc2c1. The van der Waals surface area contributed by atoms with Gasteiger partial charge < -0.3 is 4.90 Å². The van der Waals surface area contributed by atoms with Crippen molar-refractivity contribution in [3.05, 3.63) is 29.7 Å². The molecule has 0 amide bonds. The maximum Gasteiger partial charge on any atom is 0.161 e. The highest BCUT2D eigenvalue weighted by Crippen LogP contribution is 2.06. The lowest BCUT2D eigenvalue weighted by molar-refractivity contribution is 0.409.